The second-order valence-corrected chi connectivity index (χ2v) is 7.50. The molecule has 0 unspecified atom stereocenters. The maximum absolute atomic E-state index is 4.40. The molecule has 2 heterocycles. The summed E-state index contributed by atoms with van der Waals surface area (Å²) in [4.78, 5) is 8.28. The van der Waals surface area contributed by atoms with Crippen LogP contribution in [-0.2, 0) is 6.54 Å². The smallest absolute Gasteiger partial charge is 0.107 e. The summed E-state index contributed by atoms with van der Waals surface area (Å²) in [5.41, 5.74) is 0.317. The number of likely N-dealkylation sites (tertiary alicyclic amines) is 1. The van der Waals surface area contributed by atoms with Crippen molar-refractivity contribution in [3.05, 3.63) is 16.1 Å². The van der Waals surface area contributed by atoms with Gasteiger partial charge >= 0.3 is 0 Å². The molecule has 0 bridgehead atoms. The van der Waals surface area contributed by atoms with Crippen molar-refractivity contribution in [1.82, 2.24) is 15.2 Å². The first kappa shape index (κ1) is 14.0. The van der Waals surface area contributed by atoms with Gasteiger partial charge in [-0.3, -0.25) is 4.90 Å². The summed E-state index contributed by atoms with van der Waals surface area (Å²) in [6.45, 7) is 12.4. The number of aromatic nitrogens is 1. The third-order valence-corrected chi connectivity index (χ3v) is 4.57. The molecule has 2 rings (SSSR count). The van der Waals surface area contributed by atoms with E-state index < -0.39 is 0 Å². The topological polar surface area (TPSA) is 28.2 Å². The zero-order chi connectivity index (χ0) is 13.2. The number of nitrogens with zero attached hydrogens (tertiary/aromatic N) is 2. The van der Waals surface area contributed by atoms with E-state index in [4.69, 9.17) is 0 Å². The molecular formula is C14H25N3S. The normalized spacial score (nSPS) is 19.3. The van der Waals surface area contributed by atoms with Gasteiger partial charge in [-0.05, 0) is 40.5 Å². The first-order valence-corrected chi connectivity index (χ1v) is 7.66. The molecule has 0 spiro atoms. The summed E-state index contributed by atoms with van der Waals surface area (Å²) in [6.07, 6.45) is 4.47. The van der Waals surface area contributed by atoms with Gasteiger partial charge in [-0.1, -0.05) is 0 Å². The summed E-state index contributed by atoms with van der Waals surface area (Å²) in [5.74, 6) is 0. The molecule has 0 saturated carbocycles. The Balaban J connectivity index is 1.74. The van der Waals surface area contributed by atoms with Crippen LogP contribution in [0.15, 0.2) is 6.20 Å². The number of thiazole rings is 1. The Hall–Kier alpha value is -0.450. The predicted molar refractivity (Wildman–Crippen MR) is 78.0 cm³/mol. The van der Waals surface area contributed by atoms with E-state index in [0.717, 1.165) is 6.54 Å². The number of hydrogen-bond acceptors (Lipinski definition) is 4. The Bertz CT molecular complexity index is 373. The molecule has 0 atom stereocenters. The zero-order valence-corrected chi connectivity index (χ0v) is 12.8. The van der Waals surface area contributed by atoms with Crippen molar-refractivity contribution in [2.24, 2.45) is 0 Å². The summed E-state index contributed by atoms with van der Waals surface area (Å²) < 4.78 is 0. The molecule has 0 radical (unpaired) electrons. The summed E-state index contributed by atoms with van der Waals surface area (Å²) in [6, 6.07) is 0.660. The second-order valence-electron chi connectivity index (χ2n) is 6.18. The molecule has 1 N–H and O–H groups in total. The van der Waals surface area contributed by atoms with Crippen LogP contribution in [0.2, 0.25) is 0 Å². The zero-order valence-electron chi connectivity index (χ0n) is 12.0. The fourth-order valence-electron chi connectivity index (χ4n) is 2.47. The highest BCUT2D eigenvalue weighted by Gasteiger charge is 2.26. The van der Waals surface area contributed by atoms with Crippen LogP contribution in [0.3, 0.4) is 0 Å². The van der Waals surface area contributed by atoms with Crippen molar-refractivity contribution in [2.75, 3.05) is 13.1 Å². The fraction of sp³-hybridized carbons (Fsp3) is 0.786. The number of rotatable bonds is 3. The minimum atomic E-state index is 0.317. The Morgan fingerprint density at radius 3 is 2.56 bits per heavy atom. The molecule has 4 heteroatoms. The van der Waals surface area contributed by atoms with Crippen LogP contribution in [0.1, 0.15) is 43.5 Å². The van der Waals surface area contributed by atoms with Crippen molar-refractivity contribution in [2.45, 2.75) is 58.7 Å². The van der Waals surface area contributed by atoms with Gasteiger partial charge in [0, 0.05) is 42.3 Å². The maximum atomic E-state index is 4.40. The third-order valence-electron chi connectivity index (χ3n) is 3.65. The Labute approximate surface area is 115 Å². The van der Waals surface area contributed by atoms with Gasteiger partial charge in [-0.2, -0.15) is 0 Å². The average Bonchev–Trinajstić information content (AvgIpc) is 2.72. The lowest BCUT2D eigenvalue weighted by molar-refractivity contribution is 0.0960. The number of piperidine rings is 1. The van der Waals surface area contributed by atoms with Gasteiger partial charge in [0.2, 0.25) is 0 Å². The molecule has 0 aliphatic carbocycles. The number of hydrogen-bond donors (Lipinski definition) is 1. The van der Waals surface area contributed by atoms with Crippen molar-refractivity contribution in [1.29, 1.82) is 0 Å². The van der Waals surface area contributed by atoms with Crippen LogP contribution in [0.25, 0.3) is 0 Å². The highest BCUT2D eigenvalue weighted by Crippen LogP contribution is 2.20. The molecule has 1 saturated heterocycles. The number of nitrogens with one attached hydrogen (secondary N) is 1. The Morgan fingerprint density at radius 1 is 1.39 bits per heavy atom. The van der Waals surface area contributed by atoms with Crippen LogP contribution >= 0.6 is 11.3 Å². The summed E-state index contributed by atoms with van der Waals surface area (Å²) in [7, 11) is 0. The van der Waals surface area contributed by atoms with E-state index in [1.54, 1.807) is 11.3 Å². The van der Waals surface area contributed by atoms with Gasteiger partial charge in [0.25, 0.3) is 0 Å². The first-order chi connectivity index (χ1) is 8.45. The minimum absolute atomic E-state index is 0.317. The molecule has 102 valence electrons. The van der Waals surface area contributed by atoms with Gasteiger partial charge < -0.3 is 5.32 Å². The van der Waals surface area contributed by atoms with Gasteiger partial charge in [0.15, 0.2) is 0 Å². The lowest BCUT2D eigenvalue weighted by atomic mass is 9.98. The van der Waals surface area contributed by atoms with Crippen LogP contribution < -0.4 is 5.32 Å². The standard InChI is InChI=1S/C14H25N3S/c1-11-9-16-13(18-11)10-15-12-5-7-17(8-6-12)14(2,3)4/h9,12,15H,5-8,10H2,1-4H3. The summed E-state index contributed by atoms with van der Waals surface area (Å²) in [5, 5.41) is 4.86. The lowest BCUT2D eigenvalue weighted by Gasteiger charge is -2.41. The van der Waals surface area contributed by atoms with E-state index in [1.165, 1.54) is 35.8 Å². The molecule has 1 aliphatic rings. The van der Waals surface area contributed by atoms with Crippen molar-refractivity contribution >= 4 is 11.3 Å². The van der Waals surface area contributed by atoms with Gasteiger partial charge in [0.1, 0.15) is 5.01 Å². The maximum Gasteiger partial charge on any atom is 0.107 e. The van der Waals surface area contributed by atoms with Crippen molar-refractivity contribution in [3.63, 3.8) is 0 Å². The van der Waals surface area contributed by atoms with E-state index in [0.29, 0.717) is 11.6 Å². The average molecular weight is 267 g/mol. The van der Waals surface area contributed by atoms with Gasteiger partial charge in [-0.25, -0.2) is 4.98 Å². The second kappa shape index (κ2) is 5.68. The van der Waals surface area contributed by atoms with Crippen molar-refractivity contribution in [3.8, 4) is 0 Å². The molecule has 0 aromatic carbocycles. The quantitative estimate of drug-likeness (QED) is 0.913. The monoisotopic (exact) mass is 267 g/mol. The van der Waals surface area contributed by atoms with E-state index >= 15 is 0 Å². The largest absolute Gasteiger partial charge is 0.308 e. The fourth-order valence-corrected chi connectivity index (χ4v) is 3.21. The molecule has 1 aromatic rings. The molecule has 1 fully saturated rings. The van der Waals surface area contributed by atoms with Crippen LogP contribution in [-0.4, -0.2) is 34.6 Å². The summed E-state index contributed by atoms with van der Waals surface area (Å²) >= 11 is 1.80. The van der Waals surface area contributed by atoms with Crippen LogP contribution in [0, 0.1) is 6.92 Å². The van der Waals surface area contributed by atoms with E-state index in [-0.39, 0.29) is 0 Å². The SMILES string of the molecule is Cc1cnc(CNC2CCN(C(C)(C)C)CC2)s1. The molecule has 1 aliphatic heterocycles. The predicted octanol–water partition coefficient (Wildman–Crippen LogP) is 2.80. The third kappa shape index (κ3) is 3.77. The van der Waals surface area contributed by atoms with Crippen molar-refractivity contribution < 1.29 is 0 Å². The van der Waals surface area contributed by atoms with E-state index in [9.17, 15) is 0 Å². The Kier molecular flexibility index (Phi) is 4.41. The molecule has 0 amide bonds. The molecule has 18 heavy (non-hydrogen) atoms. The van der Waals surface area contributed by atoms with Crippen LogP contribution in [0.4, 0.5) is 0 Å². The lowest BCUT2D eigenvalue weighted by Crippen LogP contribution is -2.49. The molecule has 1 aromatic heterocycles. The highest BCUT2D eigenvalue weighted by molar-refractivity contribution is 7.11. The highest BCUT2D eigenvalue weighted by atomic mass is 32.1. The first-order valence-electron chi connectivity index (χ1n) is 6.85. The van der Waals surface area contributed by atoms with Gasteiger partial charge in [-0.15, -0.1) is 11.3 Å². The van der Waals surface area contributed by atoms with E-state index in [1.807, 2.05) is 6.20 Å². The Morgan fingerprint density at radius 2 is 2.06 bits per heavy atom. The minimum Gasteiger partial charge on any atom is -0.308 e. The van der Waals surface area contributed by atoms with Crippen LogP contribution in [0.5, 0.6) is 0 Å². The molecular weight excluding hydrogens is 242 g/mol. The molecule has 3 nitrogen and oxygen atoms in total. The van der Waals surface area contributed by atoms with Gasteiger partial charge in [0.05, 0.1) is 0 Å². The number of aryl methyl sites for hydroxylation is 1. The van der Waals surface area contributed by atoms with E-state index in [2.05, 4.69) is 42.9 Å².